The van der Waals surface area contributed by atoms with Crippen molar-refractivity contribution in [2.75, 3.05) is 25.6 Å². The van der Waals surface area contributed by atoms with Crippen LogP contribution in [0.15, 0.2) is 102 Å². The Labute approximate surface area is 358 Å². The van der Waals surface area contributed by atoms with E-state index in [1.807, 2.05) is 6.26 Å². The Morgan fingerprint density at radius 2 is 1.51 bits per heavy atom. The first-order valence-electron chi connectivity index (χ1n) is 20.2. The lowest BCUT2D eigenvalue weighted by molar-refractivity contribution is -0.343. The lowest BCUT2D eigenvalue weighted by Gasteiger charge is -2.66. The summed E-state index contributed by atoms with van der Waals surface area (Å²) in [5, 5.41) is 52.8. The molecule has 5 N–H and O–H groups in total. The first-order chi connectivity index (χ1) is 29.0. The number of ketones is 1. The highest BCUT2D eigenvalue weighted by Crippen LogP contribution is 2.63. The smallest absolute Gasteiger partial charge is 0.338 e. The number of carbonyl (C=O) groups excluding carboxylic acids is 4. The fraction of sp³-hybridized carbons (Fsp3) is 0.478. The van der Waals surface area contributed by atoms with Crippen molar-refractivity contribution in [1.82, 2.24) is 5.32 Å². The van der Waals surface area contributed by atoms with Crippen LogP contribution in [0.25, 0.3) is 0 Å². The molecular weight excluding hydrogens is 807 g/mol. The van der Waals surface area contributed by atoms with Gasteiger partial charge in [-0.25, -0.2) is 9.59 Å². The van der Waals surface area contributed by atoms with Gasteiger partial charge in [-0.05, 0) is 61.1 Å². The number of benzene rings is 3. The second kappa shape index (κ2) is 17.4. The zero-order chi connectivity index (χ0) is 43.9. The molecule has 3 aromatic rings. The zero-order valence-corrected chi connectivity index (χ0v) is 35.5. The van der Waals surface area contributed by atoms with Crippen LogP contribution in [0.4, 0.5) is 0 Å². The van der Waals surface area contributed by atoms with Crippen molar-refractivity contribution in [2.24, 2.45) is 16.7 Å². The Morgan fingerprint density at radius 3 is 2.10 bits per heavy atom. The summed E-state index contributed by atoms with van der Waals surface area (Å²) in [7, 11) is 0. The number of hydrogen-bond acceptors (Lipinski definition) is 14. The maximum absolute atomic E-state index is 14.9. The maximum Gasteiger partial charge on any atom is 0.338 e. The number of esters is 2. The van der Waals surface area contributed by atoms with E-state index >= 15 is 0 Å². The molecule has 3 aliphatic carbocycles. The van der Waals surface area contributed by atoms with Gasteiger partial charge in [-0.15, -0.1) is 11.8 Å². The van der Waals surface area contributed by atoms with E-state index in [4.69, 9.17) is 23.7 Å². The molecule has 0 spiro atoms. The van der Waals surface area contributed by atoms with E-state index in [9.17, 15) is 39.6 Å². The average Bonchev–Trinajstić information content (AvgIpc) is 3.25. The second-order valence-electron chi connectivity index (χ2n) is 17.1. The molecule has 61 heavy (non-hydrogen) atoms. The molecule has 0 aromatic heterocycles. The lowest BCUT2D eigenvalue weighted by Crippen LogP contribution is -2.81. The number of aliphatic hydroxyl groups excluding tert-OH is 2. The summed E-state index contributed by atoms with van der Waals surface area (Å²) in [6, 6.07) is 23.9. The van der Waals surface area contributed by atoms with Crippen molar-refractivity contribution >= 4 is 35.4 Å². The molecule has 11 atom stereocenters. The van der Waals surface area contributed by atoms with E-state index in [2.05, 4.69) is 5.32 Å². The number of Topliss-reactive ketones (excluding diaryl/α,β-unsaturated/α-hetero) is 1. The van der Waals surface area contributed by atoms with Gasteiger partial charge < -0.3 is 49.4 Å². The van der Waals surface area contributed by atoms with Crippen LogP contribution in [0.2, 0.25) is 0 Å². The van der Waals surface area contributed by atoms with Crippen LogP contribution in [-0.4, -0.2) is 117 Å². The third kappa shape index (κ3) is 7.73. The number of nitrogens with one attached hydrogen (secondary N) is 1. The number of thioether (sulfide) groups is 1. The van der Waals surface area contributed by atoms with Crippen LogP contribution in [-0.2, 0) is 33.3 Å². The molecule has 1 saturated heterocycles. The number of hydrogen-bond donors (Lipinski definition) is 5. The fourth-order valence-electron chi connectivity index (χ4n) is 9.93. The van der Waals surface area contributed by atoms with Gasteiger partial charge in [0.2, 0.25) is 0 Å². The van der Waals surface area contributed by atoms with Gasteiger partial charge in [0.25, 0.3) is 5.91 Å². The molecule has 2 saturated carbocycles. The minimum Gasteiger partial charge on any atom is -0.456 e. The molecule has 1 aliphatic heterocycles. The molecule has 3 fully saturated rings. The molecule has 4 aliphatic rings. The van der Waals surface area contributed by atoms with Crippen LogP contribution in [0.1, 0.15) is 72.9 Å². The van der Waals surface area contributed by atoms with Crippen LogP contribution in [0.3, 0.4) is 0 Å². The first-order valence-corrected chi connectivity index (χ1v) is 21.6. The van der Waals surface area contributed by atoms with Gasteiger partial charge in [-0.2, -0.15) is 0 Å². The molecule has 7 rings (SSSR count). The largest absolute Gasteiger partial charge is 0.456 e. The average molecular weight is 860 g/mol. The summed E-state index contributed by atoms with van der Waals surface area (Å²) in [6.45, 7) is 5.47. The van der Waals surface area contributed by atoms with Crippen molar-refractivity contribution in [2.45, 2.75) is 94.4 Å². The highest BCUT2D eigenvalue weighted by molar-refractivity contribution is 7.98. The molecule has 15 heteroatoms. The second-order valence-corrected chi connectivity index (χ2v) is 17.9. The molecule has 326 valence electrons. The van der Waals surface area contributed by atoms with Crippen molar-refractivity contribution in [1.29, 1.82) is 0 Å². The SMILES string of the molecule is CSCOCOC(C(=O)OC1CC2(O)C(OC(=O)c3ccccc3)C3C4(O)COC4CC(O)[C@@]3(C)C(=O)C(O)C(=C1C)C2(C)C)C(NC(=O)c1ccccc1)c1ccccc1. The van der Waals surface area contributed by atoms with Gasteiger partial charge in [0.05, 0.1) is 41.8 Å². The van der Waals surface area contributed by atoms with Crippen LogP contribution >= 0.6 is 11.8 Å². The Kier molecular flexibility index (Phi) is 12.7. The summed E-state index contributed by atoms with van der Waals surface area (Å²) in [4.78, 5) is 57.5. The number of ether oxygens (including phenoxy) is 5. The number of rotatable bonds is 13. The highest BCUT2D eigenvalue weighted by atomic mass is 32.2. The van der Waals surface area contributed by atoms with Crippen LogP contribution < -0.4 is 5.32 Å². The number of amides is 1. The summed E-state index contributed by atoms with van der Waals surface area (Å²) in [5.74, 6) is -4.54. The van der Waals surface area contributed by atoms with Crippen molar-refractivity contribution in [3.8, 4) is 0 Å². The maximum atomic E-state index is 14.9. The summed E-state index contributed by atoms with van der Waals surface area (Å²) < 4.78 is 30.0. The van der Waals surface area contributed by atoms with E-state index in [1.54, 1.807) is 99.6 Å². The summed E-state index contributed by atoms with van der Waals surface area (Å²) in [5.41, 5.74) is -6.59. The van der Waals surface area contributed by atoms with E-state index in [0.29, 0.717) is 11.1 Å². The quantitative estimate of drug-likeness (QED) is 0.0716. The Bertz CT molecular complexity index is 2140. The van der Waals surface area contributed by atoms with E-state index in [-0.39, 0.29) is 42.5 Å². The van der Waals surface area contributed by atoms with Crippen LogP contribution in [0, 0.1) is 16.7 Å². The first kappa shape index (κ1) is 44.6. The van der Waals surface area contributed by atoms with E-state index in [0.717, 1.165) is 0 Å². The third-order valence-electron chi connectivity index (χ3n) is 13.4. The predicted molar refractivity (Wildman–Crippen MR) is 222 cm³/mol. The van der Waals surface area contributed by atoms with Gasteiger partial charge in [0, 0.05) is 29.7 Å². The third-order valence-corrected chi connectivity index (χ3v) is 13.8. The number of fused-ring (bicyclic) bond motifs is 5. The lowest BCUT2D eigenvalue weighted by atomic mass is 9.44. The van der Waals surface area contributed by atoms with E-state index in [1.165, 1.54) is 30.8 Å². The standard InChI is InChI=1S/C46H53NO13S/c1-26-30(59-42(53)36(58-24-56-25-61-5)34(27-15-9-6-10-16-27)47-40(51)28-17-11-7-12-18-28)22-46(55)39(60-41(52)29-19-13-8-14-20-29)37-44(4,31(48)21-32-45(37,54)23-57-32)38(50)35(49)33(26)43(46,2)3/h6-20,30-32,34-37,39,48-49,54-55H,21-25H2,1-5H3,(H,47,51)/t30?,31?,32?,34?,35?,36?,37?,39?,44-,45?,46?/m1/s1. The van der Waals surface area contributed by atoms with Gasteiger partial charge in [0.15, 0.2) is 11.9 Å². The Morgan fingerprint density at radius 1 is 0.902 bits per heavy atom. The van der Waals surface area contributed by atoms with Crippen molar-refractivity contribution in [3.05, 3.63) is 119 Å². The summed E-state index contributed by atoms with van der Waals surface area (Å²) in [6.07, 6.45) is -7.93. The predicted octanol–water partition coefficient (Wildman–Crippen LogP) is 3.91. The molecule has 10 unspecified atom stereocenters. The monoisotopic (exact) mass is 859 g/mol. The Hall–Kier alpha value is -4.45. The van der Waals surface area contributed by atoms with Crippen molar-refractivity contribution < 1.29 is 63.3 Å². The topological polar surface area (TPSA) is 207 Å². The van der Waals surface area contributed by atoms with Gasteiger partial charge >= 0.3 is 11.9 Å². The molecule has 1 amide bonds. The minimum atomic E-state index is -2.30. The van der Waals surface area contributed by atoms with Gasteiger partial charge in [0.1, 0.15) is 36.3 Å². The number of carbonyl (C=O) groups is 4. The molecule has 0 radical (unpaired) electrons. The van der Waals surface area contributed by atoms with Crippen LogP contribution in [0.5, 0.6) is 0 Å². The zero-order valence-electron chi connectivity index (χ0n) is 34.7. The Balaban J connectivity index is 1.34. The van der Waals surface area contributed by atoms with E-state index < -0.39 is 101 Å². The molecule has 14 nitrogen and oxygen atoms in total. The van der Waals surface area contributed by atoms with Gasteiger partial charge in [-0.3, -0.25) is 9.59 Å². The summed E-state index contributed by atoms with van der Waals surface area (Å²) >= 11 is 1.38. The van der Waals surface area contributed by atoms with Gasteiger partial charge in [-0.1, -0.05) is 80.6 Å². The number of aliphatic hydroxyl groups is 4. The molecule has 3 aromatic carbocycles. The highest BCUT2D eigenvalue weighted by Gasteiger charge is 2.76. The molecule has 2 bridgehead atoms. The van der Waals surface area contributed by atoms with Crippen molar-refractivity contribution in [3.63, 3.8) is 0 Å². The fourth-order valence-corrected chi connectivity index (χ4v) is 10.2. The molecule has 1 heterocycles. The molecular formula is C46H53NO13S. The normalized spacial score (nSPS) is 32.4. The minimum absolute atomic E-state index is 0.00609.